The van der Waals surface area contributed by atoms with E-state index in [2.05, 4.69) is 12.2 Å². The molecular weight excluding hydrogens is 321 g/mol. The molecule has 1 atom stereocenters. The van der Waals surface area contributed by atoms with Crippen LogP contribution in [0, 0.1) is 0 Å². The summed E-state index contributed by atoms with van der Waals surface area (Å²) in [6, 6.07) is 12.7. The highest BCUT2D eigenvalue weighted by molar-refractivity contribution is 6.44. The number of hydrogen-bond donors (Lipinski definition) is 1. The summed E-state index contributed by atoms with van der Waals surface area (Å²) in [4.78, 5) is 12.2. The molecule has 0 bridgehead atoms. The van der Waals surface area contributed by atoms with Crippen molar-refractivity contribution in [1.29, 1.82) is 0 Å². The van der Waals surface area contributed by atoms with Gasteiger partial charge >= 0.3 is 0 Å². The molecule has 0 fully saturated rings. The van der Waals surface area contributed by atoms with E-state index in [-0.39, 0.29) is 5.91 Å². The first-order chi connectivity index (χ1) is 10.5. The fourth-order valence-electron chi connectivity index (χ4n) is 1.90. The topological polar surface area (TPSA) is 38.3 Å². The molecule has 1 N–H and O–H groups in total. The average molecular weight is 338 g/mol. The fourth-order valence-corrected chi connectivity index (χ4v) is 2.24. The smallest absolute Gasteiger partial charge is 0.265 e. The van der Waals surface area contributed by atoms with Crippen LogP contribution in [-0.4, -0.2) is 12.0 Å². The lowest BCUT2D eigenvalue weighted by molar-refractivity contribution is -0.122. The number of ether oxygens (including phenoxy) is 1. The highest BCUT2D eigenvalue weighted by atomic mass is 35.5. The van der Waals surface area contributed by atoms with Crippen LogP contribution in [0.5, 0.6) is 5.75 Å². The molecule has 0 heterocycles. The summed E-state index contributed by atoms with van der Waals surface area (Å²) in [5, 5.41) is 3.42. The molecule has 0 aliphatic carbocycles. The molecule has 0 aromatic heterocycles. The lowest BCUT2D eigenvalue weighted by Gasteiger charge is -2.15. The second-order valence-corrected chi connectivity index (χ2v) is 5.63. The zero-order valence-corrected chi connectivity index (χ0v) is 13.9. The number of amides is 1. The van der Waals surface area contributed by atoms with Crippen LogP contribution in [0.2, 0.25) is 10.0 Å². The summed E-state index contributed by atoms with van der Waals surface area (Å²) >= 11 is 12.0. The third-order valence-electron chi connectivity index (χ3n) is 3.22. The Labute approximate surface area is 140 Å². The molecule has 0 radical (unpaired) electrons. The van der Waals surface area contributed by atoms with Crippen LogP contribution in [0.4, 0.5) is 5.69 Å². The van der Waals surface area contributed by atoms with Crippen LogP contribution in [0.1, 0.15) is 19.4 Å². The lowest BCUT2D eigenvalue weighted by atomic mass is 10.2. The molecule has 2 aromatic carbocycles. The van der Waals surface area contributed by atoms with Gasteiger partial charge in [0.2, 0.25) is 0 Å². The number of hydrogen-bond acceptors (Lipinski definition) is 2. The maximum Gasteiger partial charge on any atom is 0.265 e. The van der Waals surface area contributed by atoms with Gasteiger partial charge in [0.1, 0.15) is 5.75 Å². The Morgan fingerprint density at radius 3 is 2.50 bits per heavy atom. The van der Waals surface area contributed by atoms with E-state index in [1.807, 2.05) is 24.3 Å². The largest absolute Gasteiger partial charge is 0.481 e. The van der Waals surface area contributed by atoms with Gasteiger partial charge in [-0.1, -0.05) is 48.3 Å². The molecule has 1 unspecified atom stereocenters. The van der Waals surface area contributed by atoms with Crippen molar-refractivity contribution in [3.63, 3.8) is 0 Å². The highest BCUT2D eigenvalue weighted by Gasteiger charge is 2.16. The van der Waals surface area contributed by atoms with Crippen molar-refractivity contribution in [2.45, 2.75) is 26.4 Å². The Hall–Kier alpha value is -1.71. The Morgan fingerprint density at radius 1 is 1.18 bits per heavy atom. The van der Waals surface area contributed by atoms with Gasteiger partial charge in [0, 0.05) is 0 Å². The van der Waals surface area contributed by atoms with Gasteiger partial charge in [-0.3, -0.25) is 4.79 Å². The number of rotatable bonds is 5. The quantitative estimate of drug-likeness (QED) is 0.837. The molecule has 0 aliphatic rings. The summed E-state index contributed by atoms with van der Waals surface area (Å²) in [7, 11) is 0. The third kappa shape index (κ3) is 4.15. The number of carbonyl (C=O) groups is 1. The number of halogens is 2. The summed E-state index contributed by atoms with van der Waals surface area (Å²) < 4.78 is 5.63. The van der Waals surface area contributed by atoms with Crippen molar-refractivity contribution in [1.82, 2.24) is 0 Å². The molecule has 5 heteroatoms. The van der Waals surface area contributed by atoms with Crippen molar-refractivity contribution in [2.24, 2.45) is 0 Å². The second-order valence-electron chi connectivity index (χ2n) is 4.85. The predicted molar refractivity (Wildman–Crippen MR) is 91.0 cm³/mol. The van der Waals surface area contributed by atoms with E-state index in [0.717, 1.165) is 6.42 Å². The molecular formula is C17H17Cl2NO2. The van der Waals surface area contributed by atoms with Gasteiger partial charge in [0.25, 0.3) is 5.91 Å². The van der Waals surface area contributed by atoms with Crippen LogP contribution in [-0.2, 0) is 11.2 Å². The van der Waals surface area contributed by atoms with E-state index in [1.54, 1.807) is 25.1 Å². The number of nitrogens with one attached hydrogen (secondary N) is 1. The summed E-state index contributed by atoms with van der Waals surface area (Å²) in [6.45, 7) is 3.77. The molecule has 0 aliphatic heterocycles. The fraction of sp³-hybridized carbons (Fsp3) is 0.235. The standard InChI is InChI=1S/C17H17Cl2NO2/c1-3-12-7-9-13(10-8-12)22-11(2)17(21)20-15-6-4-5-14(18)16(15)19/h4-11H,3H2,1-2H3,(H,20,21). The van der Waals surface area contributed by atoms with E-state index in [0.29, 0.717) is 21.5 Å². The molecule has 2 rings (SSSR count). The minimum Gasteiger partial charge on any atom is -0.481 e. The number of carbonyl (C=O) groups excluding carboxylic acids is 1. The van der Waals surface area contributed by atoms with E-state index in [4.69, 9.17) is 27.9 Å². The summed E-state index contributed by atoms with van der Waals surface area (Å²) in [6.07, 6.45) is 0.311. The maximum absolute atomic E-state index is 12.2. The van der Waals surface area contributed by atoms with Crippen LogP contribution in [0.25, 0.3) is 0 Å². The molecule has 0 saturated carbocycles. The van der Waals surface area contributed by atoms with Gasteiger partial charge in [-0.25, -0.2) is 0 Å². The van der Waals surface area contributed by atoms with Gasteiger partial charge in [-0.05, 0) is 43.2 Å². The summed E-state index contributed by atoms with van der Waals surface area (Å²) in [5.41, 5.74) is 1.69. The second kappa shape index (κ2) is 7.52. The van der Waals surface area contributed by atoms with Gasteiger partial charge in [-0.15, -0.1) is 0 Å². The lowest BCUT2D eigenvalue weighted by Crippen LogP contribution is -2.30. The molecule has 0 saturated heterocycles. The van der Waals surface area contributed by atoms with E-state index in [1.165, 1.54) is 5.56 Å². The predicted octanol–water partition coefficient (Wildman–Crippen LogP) is 4.96. The minimum atomic E-state index is -0.650. The van der Waals surface area contributed by atoms with Crippen molar-refractivity contribution in [2.75, 3.05) is 5.32 Å². The normalized spacial score (nSPS) is 11.8. The van der Waals surface area contributed by atoms with Crippen molar-refractivity contribution in [3.8, 4) is 5.75 Å². The third-order valence-corrected chi connectivity index (χ3v) is 4.04. The number of anilines is 1. The van der Waals surface area contributed by atoms with Crippen LogP contribution in [0.3, 0.4) is 0 Å². The molecule has 1 amide bonds. The Bertz CT molecular complexity index is 656. The Morgan fingerprint density at radius 2 is 1.86 bits per heavy atom. The Kier molecular flexibility index (Phi) is 5.69. The number of benzene rings is 2. The first-order valence-corrected chi connectivity index (χ1v) is 7.77. The van der Waals surface area contributed by atoms with Crippen LogP contribution >= 0.6 is 23.2 Å². The average Bonchev–Trinajstić information content (AvgIpc) is 2.52. The van der Waals surface area contributed by atoms with Crippen molar-refractivity contribution >= 4 is 34.8 Å². The zero-order chi connectivity index (χ0) is 16.1. The van der Waals surface area contributed by atoms with Gasteiger partial charge < -0.3 is 10.1 Å². The first kappa shape index (κ1) is 16.7. The minimum absolute atomic E-state index is 0.288. The van der Waals surface area contributed by atoms with Crippen molar-refractivity contribution < 1.29 is 9.53 Å². The molecule has 0 spiro atoms. The SMILES string of the molecule is CCc1ccc(OC(C)C(=O)Nc2cccc(Cl)c2Cl)cc1. The van der Waals surface area contributed by atoms with E-state index < -0.39 is 6.10 Å². The van der Waals surface area contributed by atoms with Crippen LogP contribution in [0.15, 0.2) is 42.5 Å². The monoisotopic (exact) mass is 337 g/mol. The first-order valence-electron chi connectivity index (χ1n) is 7.01. The van der Waals surface area contributed by atoms with Gasteiger partial charge in [0.15, 0.2) is 6.10 Å². The zero-order valence-electron chi connectivity index (χ0n) is 12.4. The Balaban J connectivity index is 2.01. The molecule has 116 valence electrons. The van der Waals surface area contributed by atoms with Gasteiger partial charge in [-0.2, -0.15) is 0 Å². The maximum atomic E-state index is 12.2. The molecule has 3 nitrogen and oxygen atoms in total. The number of aryl methyl sites for hydroxylation is 1. The van der Waals surface area contributed by atoms with Gasteiger partial charge in [0.05, 0.1) is 15.7 Å². The molecule has 2 aromatic rings. The van der Waals surface area contributed by atoms with E-state index >= 15 is 0 Å². The summed E-state index contributed by atoms with van der Waals surface area (Å²) in [5.74, 6) is 0.362. The van der Waals surface area contributed by atoms with Crippen molar-refractivity contribution in [3.05, 3.63) is 58.1 Å². The molecule has 22 heavy (non-hydrogen) atoms. The van der Waals surface area contributed by atoms with E-state index in [9.17, 15) is 4.79 Å². The highest BCUT2D eigenvalue weighted by Crippen LogP contribution is 2.29. The van der Waals surface area contributed by atoms with Crippen LogP contribution < -0.4 is 10.1 Å².